The van der Waals surface area contributed by atoms with E-state index in [1.807, 2.05) is 0 Å². The second-order valence-corrected chi connectivity index (χ2v) is 4.72. The molecule has 1 atom stereocenters. The summed E-state index contributed by atoms with van der Waals surface area (Å²) >= 11 is 0. The van der Waals surface area contributed by atoms with Crippen LogP contribution in [0.25, 0.3) is 0 Å². The molecule has 1 aliphatic rings. The Labute approximate surface area is 99.0 Å². The lowest BCUT2D eigenvalue weighted by atomic mass is 10.2. The smallest absolute Gasteiger partial charge is 0.0642 e. The first-order valence-corrected chi connectivity index (χ1v) is 7.21. The van der Waals surface area contributed by atoms with Gasteiger partial charge in [-0.05, 0) is 24.4 Å². The van der Waals surface area contributed by atoms with Crippen molar-refractivity contribution in [2.75, 3.05) is 37.9 Å². The lowest BCUT2D eigenvalue weighted by molar-refractivity contribution is 0.122. The minimum atomic E-state index is 0.808. The average Bonchev–Trinajstić information content (AvgIpc) is 2.38. The standard InChI is InChI=1S/C12H19N2OP/c1-16-13-10-11-2-4-12(5-3-11)14-6-8-15-9-7-14/h2-5,13,16H,6-10H2,1H3. The van der Waals surface area contributed by atoms with Gasteiger partial charge in [-0.1, -0.05) is 20.9 Å². The molecule has 0 aromatic heterocycles. The summed E-state index contributed by atoms with van der Waals surface area (Å²) in [5.74, 6) is 0. The highest BCUT2D eigenvalue weighted by atomic mass is 31.1. The molecule has 1 aliphatic heterocycles. The van der Waals surface area contributed by atoms with Crippen molar-refractivity contribution in [3.05, 3.63) is 29.8 Å². The van der Waals surface area contributed by atoms with Gasteiger partial charge in [0.05, 0.1) is 13.2 Å². The van der Waals surface area contributed by atoms with E-state index in [2.05, 4.69) is 40.9 Å². The molecule has 1 aromatic carbocycles. The van der Waals surface area contributed by atoms with Crippen molar-refractivity contribution in [3.63, 3.8) is 0 Å². The number of hydrogen-bond donors (Lipinski definition) is 1. The highest BCUT2D eigenvalue weighted by Crippen LogP contribution is 2.16. The fourth-order valence-corrected chi connectivity index (χ4v) is 2.22. The van der Waals surface area contributed by atoms with E-state index in [0.717, 1.165) is 41.6 Å². The number of nitrogens with one attached hydrogen (secondary N) is 1. The first-order valence-electron chi connectivity index (χ1n) is 5.71. The number of anilines is 1. The van der Waals surface area contributed by atoms with Gasteiger partial charge in [-0.25, -0.2) is 0 Å². The van der Waals surface area contributed by atoms with Crippen molar-refractivity contribution in [2.24, 2.45) is 0 Å². The molecule has 1 heterocycles. The van der Waals surface area contributed by atoms with Crippen molar-refractivity contribution in [2.45, 2.75) is 6.54 Å². The van der Waals surface area contributed by atoms with Crippen LogP contribution in [0.15, 0.2) is 24.3 Å². The third-order valence-corrected chi connectivity index (χ3v) is 3.31. The van der Waals surface area contributed by atoms with E-state index >= 15 is 0 Å². The van der Waals surface area contributed by atoms with Gasteiger partial charge in [-0.3, -0.25) is 5.09 Å². The van der Waals surface area contributed by atoms with E-state index in [1.54, 1.807) is 0 Å². The predicted molar refractivity (Wildman–Crippen MR) is 70.6 cm³/mol. The second kappa shape index (κ2) is 6.19. The fourth-order valence-electron chi connectivity index (χ4n) is 1.84. The van der Waals surface area contributed by atoms with Gasteiger partial charge >= 0.3 is 0 Å². The Balaban J connectivity index is 1.95. The fraction of sp³-hybridized carbons (Fsp3) is 0.500. The Bertz CT molecular complexity index is 309. The maximum Gasteiger partial charge on any atom is 0.0642 e. The topological polar surface area (TPSA) is 24.5 Å². The van der Waals surface area contributed by atoms with E-state index in [-0.39, 0.29) is 0 Å². The Morgan fingerprint density at radius 2 is 1.94 bits per heavy atom. The van der Waals surface area contributed by atoms with Crippen LogP contribution in [0.2, 0.25) is 0 Å². The Morgan fingerprint density at radius 1 is 1.25 bits per heavy atom. The molecule has 0 aliphatic carbocycles. The molecule has 16 heavy (non-hydrogen) atoms. The molecule has 1 N–H and O–H groups in total. The van der Waals surface area contributed by atoms with Crippen molar-refractivity contribution in [1.29, 1.82) is 0 Å². The molecule has 2 rings (SSSR count). The zero-order valence-electron chi connectivity index (χ0n) is 9.70. The third kappa shape index (κ3) is 3.18. The zero-order chi connectivity index (χ0) is 11.2. The maximum absolute atomic E-state index is 5.35. The predicted octanol–water partition coefficient (Wildman–Crippen LogP) is 1.84. The van der Waals surface area contributed by atoms with Crippen LogP contribution in [-0.4, -0.2) is 33.0 Å². The summed E-state index contributed by atoms with van der Waals surface area (Å²) in [4.78, 5) is 2.38. The number of morpholine rings is 1. The minimum absolute atomic E-state index is 0.808. The highest BCUT2D eigenvalue weighted by Gasteiger charge is 2.10. The molecule has 4 heteroatoms. The van der Waals surface area contributed by atoms with Crippen LogP contribution in [0.5, 0.6) is 0 Å². The largest absolute Gasteiger partial charge is 0.378 e. The number of ether oxygens (including phenoxy) is 1. The van der Waals surface area contributed by atoms with Gasteiger partial charge < -0.3 is 9.64 Å². The van der Waals surface area contributed by atoms with Gasteiger partial charge in [-0.2, -0.15) is 0 Å². The minimum Gasteiger partial charge on any atom is -0.378 e. The van der Waals surface area contributed by atoms with Crippen LogP contribution in [0, 0.1) is 0 Å². The Morgan fingerprint density at radius 3 is 2.56 bits per heavy atom. The summed E-state index contributed by atoms with van der Waals surface area (Å²) in [6, 6.07) is 8.83. The van der Waals surface area contributed by atoms with Crippen LogP contribution in [-0.2, 0) is 11.3 Å². The summed E-state index contributed by atoms with van der Waals surface area (Å²) < 4.78 is 5.35. The summed E-state index contributed by atoms with van der Waals surface area (Å²) in [5, 5.41) is 3.36. The SMILES string of the molecule is CPNCc1ccc(N2CCOCC2)cc1. The van der Waals surface area contributed by atoms with Crippen LogP contribution in [0.1, 0.15) is 5.56 Å². The number of nitrogens with zero attached hydrogens (tertiary/aromatic N) is 1. The number of hydrogen-bond acceptors (Lipinski definition) is 3. The van der Waals surface area contributed by atoms with E-state index in [4.69, 9.17) is 4.74 Å². The monoisotopic (exact) mass is 238 g/mol. The molecular weight excluding hydrogens is 219 g/mol. The van der Waals surface area contributed by atoms with Crippen molar-refractivity contribution in [3.8, 4) is 0 Å². The lowest BCUT2D eigenvalue weighted by Crippen LogP contribution is -2.36. The maximum atomic E-state index is 5.35. The van der Waals surface area contributed by atoms with Gasteiger partial charge in [0.15, 0.2) is 0 Å². The van der Waals surface area contributed by atoms with Gasteiger partial charge in [0.25, 0.3) is 0 Å². The number of rotatable bonds is 4. The summed E-state index contributed by atoms with van der Waals surface area (Å²) in [6.45, 7) is 6.84. The molecule has 3 nitrogen and oxygen atoms in total. The van der Waals surface area contributed by atoms with Crippen LogP contribution in [0.3, 0.4) is 0 Å². The molecule has 0 bridgehead atoms. The highest BCUT2D eigenvalue weighted by molar-refractivity contribution is 7.34. The molecule has 1 fully saturated rings. The molecule has 0 radical (unpaired) electrons. The molecule has 1 unspecified atom stereocenters. The van der Waals surface area contributed by atoms with Gasteiger partial charge in [0.1, 0.15) is 0 Å². The molecule has 88 valence electrons. The van der Waals surface area contributed by atoms with Crippen molar-refractivity contribution < 1.29 is 4.74 Å². The van der Waals surface area contributed by atoms with Gasteiger partial charge in [0, 0.05) is 25.3 Å². The molecule has 0 spiro atoms. The van der Waals surface area contributed by atoms with Crippen LogP contribution in [0.4, 0.5) is 5.69 Å². The quantitative estimate of drug-likeness (QED) is 0.810. The number of benzene rings is 1. The zero-order valence-corrected chi connectivity index (χ0v) is 10.7. The molecule has 0 amide bonds. The van der Waals surface area contributed by atoms with E-state index in [1.165, 1.54) is 11.3 Å². The normalized spacial score (nSPS) is 17.2. The summed E-state index contributed by atoms with van der Waals surface area (Å²) in [5.41, 5.74) is 2.66. The van der Waals surface area contributed by atoms with Gasteiger partial charge in [-0.15, -0.1) is 0 Å². The van der Waals surface area contributed by atoms with Crippen LogP contribution < -0.4 is 9.99 Å². The Kier molecular flexibility index (Phi) is 4.58. The summed E-state index contributed by atoms with van der Waals surface area (Å²) in [7, 11) is 0.808. The first kappa shape index (κ1) is 11.8. The van der Waals surface area contributed by atoms with Crippen molar-refractivity contribution >= 4 is 14.4 Å². The molecule has 0 saturated carbocycles. The molecular formula is C12H19N2OP. The van der Waals surface area contributed by atoms with E-state index < -0.39 is 0 Å². The lowest BCUT2D eigenvalue weighted by Gasteiger charge is -2.28. The molecule has 1 aromatic rings. The van der Waals surface area contributed by atoms with Crippen LogP contribution >= 0.6 is 8.73 Å². The first-order chi connectivity index (χ1) is 7.90. The summed E-state index contributed by atoms with van der Waals surface area (Å²) in [6.07, 6.45) is 0. The van der Waals surface area contributed by atoms with E-state index in [0.29, 0.717) is 0 Å². The second-order valence-electron chi connectivity index (χ2n) is 3.87. The Hall–Kier alpha value is -0.630. The van der Waals surface area contributed by atoms with E-state index in [9.17, 15) is 0 Å². The average molecular weight is 238 g/mol. The third-order valence-electron chi connectivity index (χ3n) is 2.78. The molecule has 1 saturated heterocycles. The van der Waals surface area contributed by atoms with Gasteiger partial charge in [0.2, 0.25) is 0 Å². The van der Waals surface area contributed by atoms with Crippen molar-refractivity contribution in [1.82, 2.24) is 5.09 Å².